The largest absolute Gasteiger partial charge is 0.497 e. The van der Waals surface area contributed by atoms with Gasteiger partial charge in [0.15, 0.2) is 0 Å². The van der Waals surface area contributed by atoms with Crippen LogP contribution in [0.25, 0.3) is 10.9 Å². The number of hydrogen-bond acceptors (Lipinski definition) is 2. The van der Waals surface area contributed by atoms with Crippen molar-refractivity contribution in [1.29, 1.82) is 0 Å². The molecule has 30 heavy (non-hydrogen) atoms. The van der Waals surface area contributed by atoms with Crippen LogP contribution >= 0.6 is 11.6 Å². The molecule has 1 aliphatic heterocycles. The number of amides is 1. The van der Waals surface area contributed by atoms with Crippen LogP contribution in [0, 0.1) is 0 Å². The molecule has 5 heteroatoms. The molecule has 1 atom stereocenters. The van der Waals surface area contributed by atoms with Gasteiger partial charge in [0.1, 0.15) is 5.75 Å². The van der Waals surface area contributed by atoms with Gasteiger partial charge in [-0.1, -0.05) is 48.0 Å². The number of hydrogen-bond donors (Lipinski definition) is 1. The van der Waals surface area contributed by atoms with Crippen LogP contribution in [-0.2, 0) is 6.42 Å². The normalized spacial score (nSPS) is 15.8. The second-order valence-corrected chi connectivity index (χ2v) is 7.93. The Kier molecular flexibility index (Phi) is 4.72. The average molecular weight is 417 g/mol. The highest BCUT2D eigenvalue weighted by molar-refractivity contribution is 6.30. The number of aromatic nitrogens is 1. The van der Waals surface area contributed by atoms with Gasteiger partial charge >= 0.3 is 0 Å². The second-order valence-electron chi connectivity index (χ2n) is 7.50. The van der Waals surface area contributed by atoms with E-state index in [0.717, 1.165) is 23.2 Å². The predicted molar refractivity (Wildman–Crippen MR) is 119 cm³/mol. The van der Waals surface area contributed by atoms with Gasteiger partial charge in [-0.05, 0) is 53.9 Å². The van der Waals surface area contributed by atoms with E-state index in [4.69, 9.17) is 16.3 Å². The lowest BCUT2D eigenvalue weighted by Crippen LogP contribution is -2.40. The van der Waals surface area contributed by atoms with E-state index in [-0.39, 0.29) is 11.9 Å². The number of para-hydroxylation sites is 1. The standard InChI is InChI=1S/C25H21ClN2O2/c1-30-19-6-4-5-17(15-19)25(29)28-14-13-21-20-7-2-3-8-22(20)27-23(21)24(28)16-9-11-18(26)12-10-16/h2-12,15,24,27H,13-14H2,1H3/t24-/m1/s1. The van der Waals surface area contributed by atoms with Gasteiger partial charge in [0, 0.05) is 33.7 Å². The molecule has 1 N–H and O–H groups in total. The lowest BCUT2D eigenvalue weighted by molar-refractivity contribution is 0.0691. The van der Waals surface area contributed by atoms with Crippen LogP contribution in [0.3, 0.4) is 0 Å². The van der Waals surface area contributed by atoms with Gasteiger partial charge in [-0.3, -0.25) is 4.79 Å². The maximum Gasteiger partial charge on any atom is 0.254 e. The molecule has 0 aliphatic carbocycles. The van der Waals surface area contributed by atoms with E-state index in [1.54, 1.807) is 13.2 Å². The summed E-state index contributed by atoms with van der Waals surface area (Å²) < 4.78 is 5.32. The summed E-state index contributed by atoms with van der Waals surface area (Å²) in [4.78, 5) is 19.1. The molecule has 150 valence electrons. The number of H-pyrrole nitrogens is 1. The highest BCUT2D eigenvalue weighted by Gasteiger charge is 2.35. The minimum absolute atomic E-state index is 0.0156. The van der Waals surface area contributed by atoms with E-state index in [0.29, 0.717) is 22.9 Å². The molecule has 0 bridgehead atoms. The first-order valence-corrected chi connectivity index (χ1v) is 10.3. The number of halogens is 1. The number of benzene rings is 3. The summed E-state index contributed by atoms with van der Waals surface area (Å²) in [5.74, 6) is 0.658. The fraction of sp³-hybridized carbons (Fsp3) is 0.160. The van der Waals surface area contributed by atoms with Crippen molar-refractivity contribution in [2.45, 2.75) is 12.5 Å². The first kappa shape index (κ1) is 18.8. The van der Waals surface area contributed by atoms with Crippen molar-refractivity contribution in [2.75, 3.05) is 13.7 Å². The molecular formula is C25H21ClN2O2. The summed E-state index contributed by atoms with van der Waals surface area (Å²) in [6.07, 6.45) is 0.805. The van der Waals surface area contributed by atoms with Crippen LogP contribution in [0.4, 0.5) is 0 Å². The zero-order valence-electron chi connectivity index (χ0n) is 16.6. The lowest BCUT2D eigenvalue weighted by atomic mass is 9.91. The SMILES string of the molecule is COc1cccc(C(=O)N2CCc3c([nH]c4ccccc34)[C@H]2c2ccc(Cl)cc2)c1. The average Bonchev–Trinajstić information content (AvgIpc) is 3.17. The molecule has 1 amide bonds. The molecule has 3 aromatic carbocycles. The number of nitrogens with zero attached hydrogens (tertiary/aromatic N) is 1. The van der Waals surface area contributed by atoms with Crippen LogP contribution in [-0.4, -0.2) is 29.4 Å². The van der Waals surface area contributed by atoms with Crippen LogP contribution in [0.15, 0.2) is 72.8 Å². The third kappa shape index (κ3) is 3.14. The molecule has 4 nitrogen and oxygen atoms in total. The van der Waals surface area contributed by atoms with Crippen LogP contribution < -0.4 is 4.74 Å². The van der Waals surface area contributed by atoms with Crippen molar-refractivity contribution < 1.29 is 9.53 Å². The topological polar surface area (TPSA) is 45.3 Å². The number of rotatable bonds is 3. The Morgan fingerprint density at radius 3 is 2.67 bits per heavy atom. The van der Waals surface area contributed by atoms with Gasteiger partial charge in [-0.2, -0.15) is 0 Å². The molecule has 0 unspecified atom stereocenters. The summed E-state index contributed by atoms with van der Waals surface area (Å²) in [6, 6.07) is 23.2. The van der Waals surface area contributed by atoms with Crippen molar-refractivity contribution in [3.63, 3.8) is 0 Å². The molecule has 0 saturated heterocycles. The third-order valence-electron chi connectivity index (χ3n) is 5.80. The number of aromatic amines is 1. The van der Waals surface area contributed by atoms with E-state index in [1.165, 1.54) is 10.9 Å². The van der Waals surface area contributed by atoms with E-state index in [9.17, 15) is 4.79 Å². The van der Waals surface area contributed by atoms with Crippen molar-refractivity contribution in [1.82, 2.24) is 9.88 Å². The summed E-state index contributed by atoms with van der Waals surface area (Å²) in [5.41, 5.74) is 5.09. The molecule has 0 saturated carbocycles. The van der Waals surface area contributed by atoms with Gasteiger partial charge in [0.25, 0.3) is 5.91 Å². The second kappa shape index (κ2) is 7.54. The monoisotopic (exact) mass is 416 g/mol. The van der Waals surface area contributed by atoms with Crippen molar-refractivity contribution in [2.24, 2.45) is 0 Å². The molecule has 0 fully saturated rings. The number of ether oxygens (including phenoxy) is 1. The maximum atomic E-state index is 13.6. The molecule has 0 radical (unpaired) electrons. The fourth-order valence-electron chi connectivity index (χ4n) is 4.37. The number of carbonyl (C=O) groups excluding carboxylic acids is 1. The minimum Gasteiger partial charge on any atom is -0.497 e. The summed E-state index contributed by atoms with van der Waals surface area (Å²) >= 11 is 6.14. The number of methoxy groups -OCH3 is 1. The Bertz CT molecular complexity index is 1230. The molecular weight excluding hydrogens is 396 g/mol. The predicted octanol–water partition coefficient (Wildman–Crippen LogP) is 5.62. The van der Waals surface area contributed by atoms with E-state index in [2.05, 4.69) is 23.2 Å². The Labute approximate surface area is 180 Å². The maximum absolute atomic E-state index is 13.6. The smallest absolute Gasteiger partial charge is 0.254 e. The fourth-order valence-corrected chi connectivity index (χ4v) is 4.50. The van der Waals surface area contributed by atoms with E-state index >= 15 is 0 Å². The highest BCUT2D eigenvalue weighted by Crippen LogP contribution is 2.39. The first-order valence-electron chi connectivity index (χ1n) is 9.95. The van der Waals surface area contributed by atoms with Crippen LogP contribution in [0.1, 0.15) is 33.2 Å². The third-order valence-corrected chi connectivity index (χ3v) is 6.05. The molecule has 0 spiro atoms. The summed E-state index contributed by atoms with van der Waals surface area (Å²) in [6.45, 7) is 0.637. The number of fused-ring (bicyclic) bond motifs is 3. The minimum atomic E-state index is -0.211. The molecule has 5 rings (SSSR count). The van der Waals surface area contributed by atoms with Gasteiger partial charge in [0.05, 0.1) is 13.2 Å². The van der Waals surface area contributed by atoms with Crippen molar-refractivity contribution in [3.8, 4) is 5.75 Å². The molecule has 4 aromatic rings. The highest BCUT2D eigenvalue weighted by atomic mass is 35.5. The van der Waals surface area contributed by atoms with E-state index in [1.807, 2.05) is 53.4 Å². The first-order chi connectivity index (χ1) is 14.7. The van der Waals surface area contributed by atoms with Gasteiger partial charge in [0.2, 0.25) is 0 Å². The van der Waals surface area contributed by atoms with Crippen LogP contribution in [0.5, 0.6) is 5.75 Å². The zero-order valence-corrected chi connectivity index (χ0v) is 17.3. The number of nitrogens with one attached hydrogen (secondary N) is 1. The molecule has 1 aromatic heterocycles. The Morgan fingerprint density at radius 2 is 1.87 bits per heavy atom. The van der Waals surface area contributed by atoms with Crippen molar-refractivity contribution >= 4 is 28.4 Å². The lowest BCUT2D eigenvalue weighted by Gasteiger charge is -2.36. The summed E-state index contributed by atoms with van der Waals surface area (Å²) in [7, 11) is 1.61. The van der Waals surface area contributed by atoms with E-state index < -0.39 is 0 Å². The Balaban J connectivity index is 1.64. The zero-order chi connectivity index (χ0) is 20.7. The Hall–Kier alpha value is -3.24. The van der Waals surface area contributed by atoms with Gasteiger partial charge < -0.3 is 14.6 Å². The molecule has 1 aliphatic rings. The van der Waals surface area contributed by atoms with Gasteiger partial charge in [-0.15, -0.1) is 0 Å². The van der Waals surface area contributed by atoms with Gasteiger partial charge in [-0.25, -0.2) is 0 Å². The van der Waals surface area contributed by atoms with Crippen molar-refractivity contribution in [3.05, 3.63) is 100 Å². The Morgan fingerprint density at radius 1 is 1.07 bits per heavy atom. The van der Waals surface area contributed by atoms with Crippen LogP contribution in [0.2, 0.25) is 5.02 Å². The molecule has 2 heterocycles. The number of carbonyl (C=O) groups is 1. The summed E-state index contributed by atoms with van der Waals surface area (Å²) in [5, 5.41) is 1.90. The quantitative estimate of drug-likeness (QED) is 0.471.